The number of carbonyl (C=O) groups excluding carboxylic acids is 1. The predicted molar refractivity (Wildman–Crippen MR) is 102 cm³/mol. The van der Waals surface area contributed by atoms with Gasteiger partial charge in [-0.15, -0.1) is 13.2 Å². The molecule has 0 spiro atoms. The van der Waals surface area contributed by atoms with Gasteiger partial charge < -0.3 is 4.74 Å². The number of anilines is 2. The molecule has 2 aromatic carbocycles. The van der Waals surface area contributed by atoms with Crippen LogP contribution in [0.2, 0.25) is 0 Å². The first-order chi connectivity index (χ1) is 13.8. The summed E-state index contributed by atoms with van der Waals surface area (Å²) in [6.07, 6.45) is 1.81. The maximum atomic E-state index is 13.8. The molecule has 2 aromatic rings. The normalized spacial score (nSPS) is 15.2. The molecular formula is C22H23F4NO2. The number of nitrogens with zero attached hydrogens (tertiary/aromatic N) is 1. The summed E-state index contributed by atoms with van der Waals surface area (Å²) in [6.45, 7) is 0. The van der Waals surface area contributed by atoms with E-state index in [4.69, 9.17) is 0 Å². The van der Waals surface area contributed by atoms with Crippen molar-refractivity contribution in [3.8, 4) is 5.75 Å². The minimum absolute atomic E-state index is 0.200. The highest BCUT2D eigenvalue weighted by molar-refractivity contribution is 6.00. The Morgan fingerprint density at radius 2 is 1.66 bits per heavy atom. The van der Waals surface area contributed by atoms with Crippen molar-refractivity contribution in [2.75, 3.05) is 4.90 Å². The van der Waals surface area contributed by atoms with Gasteiger partial charge in [0, 0.05) is 12.5 Å². The van der Waals surface area contributed by atoms with E-state index in [1.54, 1.807) is 6.07 Å². The zero-order chi connectivity index (χ0) is 20.9. The van der Waals surface area contributed by atoms with Crippen molar-refractivity contribution in [2.45, 2.75) is 51.3 Å². The third kappa shape index (κ3) is 6.21. The molecule has 1 fully saturated rings. The van der Waals surface area contributed by atoms with Crippen LogP contribution in [0.5, 0.6) is 5.75 Å². The molecule has 0 heterocycles. The number of ether oxygens (including phenoxy) is 1. The number of rotatable bonds is 6. The van der Waals surface area contributed by atoms with E-state index in [0.717, 1.165) is 37.8 Å². The fourth-order valence-electron chi connectivity index (χ4n) is 3.79. The zero-order valence-electron chi connectivity index (χ0n) is 15.9. The van der Waals surface area contributed by atoms with Crippen LogP contribution in [-0.4, -0.2) is 12.3 Å². The molecular weight excluding hydrogens is 386 g/mol. The summed E-state index contributed by atoms with van der Waals surface area (Å²) in [5, 5.41) is 0. The smallest absolute Gasteiger partial charge is 0.406 e. The molecule has 3 nitrogen and oxygen atoms in total. The third-order valence-electron chi connectivity index (χ3n) is 5.12. The van der Waals surface area contributed by atoms with E-state index < -0.39 is 17.9 Å². The second-order valence-corrected chi connectivity index (χ2v) is 7.30. The first kappa shape index (κ1) is 21.1. The van der Waals surface area contributed by atoms with E-state index in [-0.39, 0.29) is 23.7 Å². The van der Waals surface area contributed by atoms with Crippen LogP contribution < -0.4 is 9.64 Å². The molecule has 3 rings (SSSR count). The topological polar surface area (TPSA) is 29.5 Å². The van der Waals surface area contributed by atoms with Gasteiger partial charge in [0.05, 0.1) is 11.4 Å². The van der Waals surface area contributed by atoms with Crippen LogP contribution >= 0.6 is 0 Å². The van der Waals surface area contributed by atoms with Crippen LogP contribution in [0.3, 0.4) is 0 Å². The molecule has 0 radical (unpaired) electrons. The molecule has 0 bridgehead atoms. The maximum absolute atomic E-state index is 13.8. The van der Waals surface area contributed by atoms with Gasteiger partial charge >= 0.3 is 6.36 Å². The Balaban J connectivity index is 1.85. The minimum Gasteiger partial charge on any atom is -0.406 e. The molecule has 0 unspecified atom stereocenters. The van der Waals surface area contributed by atoms with Crippen molar-refractivity contribution >= 4 is 17.3 Å². The van der Waals surface area contributed by atoms with Crippen molar-refractivity contribution < 1.29 is 27.1 Å². The van der Waals surface area contributed by atoms with E-state index in [0.29, 0.717) is 12.3 Å². The summed E-state index contributed by atoms with van der Waals surface area (Å²) in [5.74, 6) is -0.779. The molecule has 1 saturated carbocycles. The molecule has 156 valence electrons. The van der Waals surface area contributed by atoms with E-state index in [2.05, 4.69) is 4.74 Å². The van der Waals surface area contributed by atoms with Crippen molar-refractivity contribution in [1.29, 1.82) is 0 Å². The molecule has 0 aliphatic heterocycles. The number of carbonyl (C=O) groups is 1. The van der Waals surface area contributed by atoms with Gasteiger partial charge in [-0.25, -0.2) is 4.39 Å². The van der Waals surface area contributed by atoms with Crippen LogP contribution in [0.15, 0.2) is 48.5 Å². The number of alkyl halides is 3. The summed E-state index contributed by atoms with van der Waals surface area (Å²) >= 11 is 0. The van der Waals surface area contributed by atoms with E-state index in [9.17, 15) is 22.4 Å². The van der Waals surface area contributed by atoms with Gasteiger partial charge in [0.25, 0.3) is 0 Å². The highest BCUT2D eigenvalue weighted by Crippen LogP contribution is 2.33. The van der Waals surface area contributed by atoms with Crippen molar-refractivity contribution in [1.82, 2.24) is 0 Å². The van der Waals surface area contributed by atoms with Gasteiger partial charge in [0.2, 0.25) is 5.91 Å². The van der Waals surface area contributed by atoms with Crippen LogP contribution in [0.25, 0.3) is 0 Å². The molecule has 1 aliphatic carbocycles. The quantitative estimate of drug-likeness (QED) is 0.494. The molecule has 1 amide bonds. The van der Waals surface area contributed by atoms with Gasteiger partial charge in [-0.3, -0.25) is 9.69 Å². The fourth-order valence-corrected chi connectivity index (χ4v) is 3.79. The summed E-state index contributed by atoms with van der Waals surface area (Å²) in [5.41, 5.74) is 0.466. The lowest BCUT2D eigenvalue weighted by Crippen LogP contribution is -2.27. The predicted octanol–water partition coefficient (Wildman–Crippen LogP) is 6.75. The van der Waals surface area contributed by atoms with Crippen molar-refractivity contribution in [3.63, 3.8) is 0 Å². The molecule has 0 aromatic heterocycles. The van der Waals surface area contributed by atoms with E-state index in [1.807, 2.05) is 0 Å². The van der Waals surface area contributed by atoms with Crippen molar-refractivity contribution in [2.24, 2.45) is 5.92 Å². The Kier molecular flexibility index (Phi) is 6.77. The second kappa shape index (κ2) is 9.29. The lowest BCUT2D eigenvalue weighted by molar-refractivity contribution is -0.274. The third-order valence-corrected chi connectivity index (χ3v) is 5.12. The molecule has 1 aliphatic rings. The second-order valence-electron chi connectivity index (χ2n) is 7.30. The van der Waals surface area contributed by atoms with Gasteiger partial charge in [-0.2, -0.15) is 0 Å². The zero-order valence-corrected chi connectivity index (χ0v) is 15.9. The first-order valence-corrected chi connectivity index (χ1v) is 9.76. The Bertz CT molecular complexity index is 832. The van der Waals surface area contributed by atoms with Crippen LogP contribution in [0.4, 0.5) is 28.9 Å². The van der Waals surface area contributed by atoms with Crippen LogP contribution in [-0.2, 0) is 4.79 Å². The maximum Gasteiger partial charge on any atom is 0.573 e. The average Bonchev–Trinajstić information content (AvgIpc) is 2.66. The van der Waals surface area contributed by atoms with E-state index >= 15 is 0 Å². The summed E-state index contributed by atoms with van der Waals surface area (Å²) in [6, 6.07) is 10.6. The Morgan fingerprint density at radius 1 is 1.00 bits per heavy atom. The SMILES string of the molecule is O=C(CCC1CCCCC1)N(c1cccc(F)c1)c1cccc(OC(F)(F)F)c1. The lowest BCUT2D eigenvalue weighted by Gasteiger charge is -2.26. The molecule has 7 heteroatoms. The van der Waals surface area contributed by atoms with Crippen LogP contribution in [0, 0.1) is 11.7 Å². The average molecular weight is 409 g/mol. The largest absolute Gasteiger partial charge is 0.573 e. The van der Waals surface area contributed by atoms with Crippen molar-refractivity contribution in [3.05, 3.63) is 54.3 Å². The number of hydrogen-bond acceptors (Lipinski definition) is 2. The lowest BCUT2D eigenvalue weighted by atomic mass is 9.86. The summed E-state index contributed by atoms with van der Waals surface area (Å²) in [4.78, 5) is 14.3. The Morgan fingerprint density at radius 3 is 2.31 bits per heavy atom. The standard InChI is InChI=1S/C22H23F4NO2/c23-17-8-4-9-18(14-17)27(21(28)13-12-16-6-2-1-3-7-16)19-10-5-11-20(15-19)29-22(24,25)26/h4-5,8-11,14-16H,1-3,6-7,12-13H2. The van der Waals surface area contributed by atoms with Crippen LogP contribution in [0.1, 0.15) is 44.9 Å². The monoisotopic (exact) mass is 409 g/mol. The Hall–Kier alpha value is -2.57. The molecule has 0 atom stereocenters. The number of hydrogen-bond donors (Lipinski definition) is 0. The van der Waals surface area contributed by atoms with Gasteiger partial charge in [0.1, 0.15) is 11.6 Å². The minimum atomic E-state index is -4.84. The molecule has 0 saturated heterocycles. The highest BCUT2D eigenvalue weighted by atomic mass is 19.4. The number of halogens is 4. The van der Waals surface area contributed by atoms with Gasteiger partial charge in [-0.05, 0) is 42.7 Å². The molecule has 0 N–H and O–H groups in total. The number of amides is 1. The summed E-state index contributed by atoms with van der Waals surface area (Å²) < 4.78 is 55.5. The summed E-state index contributed by atoms with van der Waals surface area (Å²) in [7, 11) is 0. The first-order valence-electron chi connectivity index (χ1n) is 9.76. The van der Waals surface area contributed by atoms with Gasteiger partial charge in [0.15, 0.2) is 0 Å². The van der Waals surface area contributed by atoms with E-state index in [1.165, 1.54) is 41.7 Å². The highest BCUT2D eigenvalue weighted by Gasteiger charge is 2.31. The molecule has 29 heavy (non-hydrogen) atoms. The van der Waals surface area contributed by atoms with Gasteiger partial charge in [-0.1, -0.05) is 44.2 Å². The fraction of sp³-hybridized carbons (Fsp3) is 0.409. The Labute approximate surface area is 167 Å². The number of benzene rings is 2.